The molecule has 0 aliphatic carbocycles. The lowest BCUT2D eigenvalue weighted by Gasteiger charge is -2.35. The zero-order valence-electron chi connectivity index (χ0n) is 16.0. The summed E-state index contributed by atoms with van der Waals surface area (Å²) in [5.41, 5.74) is 8.68. The van der Waals surface area contributed by atoms with Gasteiger partial charge in [0.15, 0.2) is 0 Å². The number of H-pyrrole nitrogens is 1. The van der Waals surface area contributed by atoms with Crippen molar-refractivity contribution in [2.45, 2.75) is 6.04 Å². The molecule has 3 aromatic rings. The topological polar surface area (TPSA) is 99.0 Å². The van der Waals surface area contributed by atoms with Crippen molar-refractivity contribution in [3.63, 3.8) is 0 Å². The van der Waals surface area contributed by atoms with Gasteiger partial charge in [-0.3, -0.25) is 10.00 Å². The van der Waals surface area contributed by atoms with Gasteiger partial charge in [-0.15, -0.1) is 0 Å². The summed E-state index contributed by atoms with van der Waals surface area (Å²) in [7, 11) is 2.17. The van der Waals surface area contributed by atoms with Gasteiger partial charge in [0, 0.05) is 38.9 Å². The van der Waals surface area contributed by atoms with Crippen molar-refractivity contribution in [2.24, 2.45) is 0 Å². The van der Waals surface area contributed by atoms with Gasteiger partial charge in [0.2, 0.25) is 5.95 Å². The van der Waals surface area contributed by atoms with Crippen LogP contribution in [-0.4, -0.2) is 69.7 Å². The number of likely N-dealkylation sites (N-methyl/N-ethyl adjacent to an activating group) is 1. The number of rotatable bonds is 6. The van der Waals surface area contributed by atoms with E-state index in [0.29, 0.717) is 11.8 Å². The van der Waals surface area contributed by atoms with Crippen molar-refractivity contribution >= 4 is 11.8 Å². The van der Waals surface area contributed by atoms with Gasteiger partial charge in [-0.25, -0.2) is 9.97 Å². The molecule has 2 aromatic heterocycles. The molecule has 8 heteroatoms. The molecule has 4 rings (SSSR count). The number of benzene rings is 1. The highest BCUT2D eigenvalue weighted by atomic mass is 15.3. The normalized spacial score (nSPS) is 16.8. The Morgan fingerprint density at radius 1 is 1.14 bits per heavy atom. The number of nitrogens with one attached hydrogen (secondary N) is 2. The van der Waals surface area contributed by atoms with Gasteiger partial charge < -0.3 is 16.0 Å². The number of anilines is 2. The molecular formula is C20H26N8. The minimum absolute atomic E-state index is 0.0987. The second kappa shape index (κ2) is 8.37. The third-order valence-electron chi connectivity index (χ3n) is 5.14. The molecule has 1 aliphatic rings. The number of nitrogen functional groups attached to an aromatic ring is 1. The molecule has 3 heterocycles. The Morgan fingerprint density at radius 3 is 2.64 bits per heavy atom. The Hall–Kier alpha value is -2.97. The van der Waals surface area contributed by atoms with E-state index in [9.17, 15) is 0 Å². The summed E-state index contributed by atoms with van der Waals surface area (Å²) in [6.07, 6.45) is 3.43. The Bertz CT molecular complexity index is 886. The molecule has 4 N–H and O–H groups in total. The number of aromatic nitrogens is 4. The lowest BCUT2D eigenvalue weighted by molar-refractivity contribution is 0.149. The van der Waals surface area contributed by atoms with E-state index in [-0.39, 0.29) is 6.04 Å². The van der Waals surface area contributed by atoms with Crippen LogP contribution in [0.4, 0.5) is 11.8 Å². The number of nitrogens with two attached hydrogens (primary N) is 1. The average Bonchev–Trinajstić information content (AvgIpc) is 3.16. The number of hydrogen-bond acceptors (Lipinski definition) is 7. The first-order valence-corrected chi connectivity index (χ1v) is 9.53. The van der Waals surface area contributed by atoms with Crippen LogP contribution < -0.4 is 11.1 Å². The highest BCUT2D eigenvalue weighted by Crippen LogP contribution is 2.24. The van der Waals surface area contributed by atoms with Crippen molar-refractivity contribution in [1.29, 1.82) is 0 Å². The minimum Gasteiger partial charge on any atom is -0.384 e. The van der Waals surface area contributed by atoms with Crippen molar-refractivity contribution in [1.82, 2.24) is 30.0 Å². The Labute approximate surface area is 164 Å². The number of piperazine rings is 1. The summed E-state index contributed by atoms with van der Waals surface area (Å²) < 4.78 is 0. The minimum atomic E-state index is 0.0987. The van der Waals surface area contributed by atoms with Crippen LogP contribution >= 0.6 is 0 Å². The summed E-state index contributed by atoms with van der Waals surface area (Å²) in [4.78, 5) is 13.9. The van der Waals surface area contributed by atoms with Crippen LogP contribution in [0, 0.1) is 0 Å². The van der Waals surface area contributed by atoms with Crippen molar-refractivity contribution in [3.8, 4) is 11.3 Å². The maximum atomic E-state index is 5.94. The van der Waals surface area contributed by atoms with Gasteiger partial charge in [0.05, 0.1) is 23.5 Å². The maximum Gasteiger partial charge on any atom is 0.223 e. The van der Waals surface area contributed by atoms with Crippen molar-refractivity contribution in [3.05, 3.63) is 54.4 Å². The third kappa shape index (κ3) is 4.29. The summed E-state index contributed by atoms with van der Waals surface area (Å²) in [5, 5.41) is 10.3. The fourth-order valence-electron chi connectivity index (χ4n) is 3.44. The molecule has 28 heavy (non-hydrogen) atoms. The van der Waals surface area contributed by atoms with E-state index >= 15 is 0 Å². The lowest BCUT2D eigenvalue weighted by atomic mass is 10.1. The smallest absolute Gasteiger partial charge is 0.223 e. The molecule has 0 spiro atoms. The van der Waals surface area contributed by atoms with Crippen molar-refractivity contribution < 1.29 is 0 Å². The first-order valence-electron chi connectivity index (χ1n) is 9.53. The second-order valence-corrected chi connectivity index (χ2v) is 7.17. The highest BCUT2D eigenvalue weighted by Gasteiger charge is 2.20. The molecule has 1 unspecified atom stereocenters. The van der Waals surface area contributed by atoms with Crippen LogP contribution in [0.3, 0.4) is 0 Å². The molecular weight excluding hydrogens is 352 g/mol. The maximum absolute atomic E-state index is 5.94. The van der Waals surface area contributed by atoms with E-state index in [1.807, 2.05) is 12.1 Å². The van der Waals surface area contributed by atoms with Crippen LogP contribution in [0.1, 0.15) is 11.6 Å². The van der Waals surface area contributed by atoms with E-state index in [1.54, 1.807) is 12.4 Å². The molecule has 1 fully saturated rings. The molecule has 146 valence electrons. The van der Waals surface area contributed by atoms with Gasteiger partial charge >= 0.3 is 0 Å². The van der Waals surface area contributed by atoms with E-state index in [1.165, 1.54) is 5.56 Å². The SMILES string of the molecule is CN1CCN(CC(Nc2nccc(-c3cn[nH]c3N)n2)c2ccccc2)CC1. The summed E-state index contributed by atoms with van der Waals surface area (Å²) in [5.74, 6) is 1.09. The van der Waals surface area contributed by atoms with Crippen LogP contribution in [0.15, 0.2) is 48.8 Å². The molecule has 8 nitrogen and oxygen atoms in total. The molecule has 1 atom stereocenters. The van der Waals surface area contributed by atoms with E-state index in [0.717, 1.165) is 44.0 Å². The van der Waals surface area contributed by atoms with Gasteiger partial charge in [0.1, 0.15) is 5.82 Å². The van der Waals surface area contributed by atoms with Crippen LogP contribution in [0.25, 0.3) is 11.3 Å². The standard InChI is InChI=1S/C20H26N8/c1-27-9-11-28(12-10-27)14-18(15-5-3-2-4-6-15)25-20-22-8-7-17(24-20)16-13-23-26-19(16)21/h2-8,13,18H,9-12,14H2,1H3,(H3,21,23,26)(H,22,24,25). The molecule has 1 saturated heterocycles. The number of nitrogens with zero attached hydrogens (tertiary/aromatic N) is 5. The number of aromatic amines is 1. The zero-order valence-corrected chi connectivity index (χ0v) is 16.0. The van der Waals surface area contributed by atoms with Crippen molar-refractivity contribution in [2.75, 3.05) is 50.8 Å². The monoisotopic (exact) mass is 378 g/mol. The van der Waals surface area contributed by atoms with E-state index < -0.39 is 0 Å². The first-order chi connectivity index (χ1) is 13.7. The third-order valence-corrected chi connectivity index (χ3v) is 5.14. The molecule has 1 aromatic carbocycles. The van der Waals surface area contributed by atoms with Gasteiger partial charge in [-0.2, -0.15) is 5.10 Å². The van der Waals surface area contributed by atoms with Crippen LogP contribution in [0.2, 0.25) is 0 Å². The fraction of sp³-hybridized carbons (Fsp3) is 0.350. The molecule has 0 bridgehead atoms. The summed E-state index contributed by atoms with van der Waals surface area (Å²) in [6.45, 7) is 5.21. The Balaban J connectivity index is 1.55. The number of hydrogen-bond donors (Lipinski definition) is 3. The van der Waals surface area contributed by atoms with Gasteiger partial charge in [0.25, 0.3) is 0 Å². The summed E-state index contributed by atoms with van der Waals surface area (Å²) in [6, 6.07) is 12.4. The van der Waals surface area contributed by atoms with E-state index in [2.05, 4.69) is 66.6 Å². The predicted octanol–water partition coefficient (Wildman–Crippen LogP) is 1.85. The average molecular weight is 378 g/mol. The Kier molecular flexibility index (Phi) is 5.50. The van der Waals surface area contributed by atoms with E-state index in [4.69, 9.17) is 5.73 Å². The predicted molar refractivity (Wildman–Crippen MR) is 111 cm³/mol. The van der Waals surface area contributed by atoms with Gasteiger partial charge in [-0.05, 0) is 18.7 Å². The molecule has 1 aliphatic heterocycles. The first kappa shape index (κ1) is 18.4. The van der Waals surface area contributed by atoms with Crippen LogP contribution in [-0.2, 0) is 0 Å². The molecule has 0 amide bonds. The second-order valence-electron chi connectivity index (χ2n) is 7.17. The molecule has 0 radical (unpaired) electrons. The van der Waals surface area contributed by atoms with Gasteiger partial charge in [-0.1, -0.05) is 30.3 Å². The quantitative estimate of drug-likeness (QED) is 0.602. The summed E-state index contributed by atoms with van der Waals surface area (Å²) >= 11 is 0. The Morgan fingerprint density at radius 2 is 1.93 bits per heavy atom. The fourth-order valence-corrected chi connectivity index (χ4v) is 3.44. The lowest BCUT2D eigenvalue weighted by Crippen LogP contribution is -2.46. The highest BCUT2D eigenvalue weighted by molar-refractivity contribution is 5.70. The largest absolute Gasteiger partial charge is 0.384 e. The zero-order chi connectivity index (χ0) is 19.3. The van der Waals surface area contributed by atoms with Crippen LogP contribution in [0.5, 0.6) is 0 Å². The molecule has 0 saturated carbocycles.